The van der Waals surface area contributed by atoms with Crippen LogP contribution in [0.3, 0.4) is 0 Å². The molecule has 3 heterocycles. The molecule has 3 aromatic heterocycles. The first-order chi connectivity index (χ1) is 14.0. The molecule has 0 bridgehead atoms. The first-order valence-electron chi connectivity index (χ1n) is 9.66. The van der Waals surface area contributed by atoms with Gasteiger partial charge in [0.15, 0.2) is 17.5 Å². The summed E-state index contributed by atoms with van der Waals surface area (Å²) in [4.78, 5) is 26.9. The van der Waals surface area contributed by atoms with Gasteiger partial charge in [-0.25, -0.2) is 19.3 Å². The lowest BCUT2D eigenvalue weighted by Crippen LogP contribution is -2.31. The molecule has 2 unspecified atom stereocenters. The maximum atomic E-state index is 14.3. The number of anilines is 1. The number of nitrogens with zero attached hydrogens (tertiary/aromatic N) is 3. The topological polar surface area (TPSA) is 104 Å². The summed E-state index contributed by atoms with van der Waals surface area (Å²) in [5.74, 6) is -1.40. The number of carbonyl (C=O) groups is 1. The number of hydrogen-bond acceptors (Lipinski definition) is 5. The molecule has 0 saturated heterocycles. The molecule has 4 rings (SSSR count). The Morgan fingerprint density at radius 2 is 2.10 bits per heavy atom. The van der Waals surface area contributed by atoms with Crippen LogP contribution in [0.4, 0.5) is 10.2 Å². The zero-order valence-electron chi connectivity index (χ0n) is 16.2. The second-order valence-corrected chi connectivity index (χ2v) is 7.12. The molecule has 7 nitrogen and oxygen atoms in total. The Morgan fingerprint density at radius 3 is 2.86 bits per heavy atom. The molecule has 1 fully saturated rings. The molecule has 1 aliphatic rings. The van der Waals surface area contributed by atoms with E-state index in [4.69, 9.17) is 11.6 Å². The Kier molecular flexibility index (Phi) is 6.64. The van der Waals surface area contributed by atoms with Crippen molar-refractivity contribution in [3.05, 3.63) is 35.5 Å². The van der Waals surface area contributed by atoms with Gasteiger partial charge in [0.1, 0.15) is 5.65 Å². The van der Waals surface area contributed by atoms with E-state index in [0.29, 0.717) is 34.9 Å². The number of halogens is 2. The van der Waals surface area contributed by atoms with Gasteiger partial charge in [0.2, 0.25) is 0 Å². The van der Waals surface area contributed by atoms with E-state index in [1.165, 1.54) is 6.20 Å². The van der Waals surface area contributed by atoms with Gasteiger partial charge in [0.25, 0.3) is 0 Å². The van der Waals surface area contributed by atoms with Gasteiger partial charge in [-0.05, 0) is 25.3 Å². The van der Waals surface area contributed by atoms with Crippen molar-refractivity contribution in [1.82, 2.24) is 19.9 Å². The maximum absolute atomic E-state index is 14.3. The first kappa shape index (κ1) is 21.0. The Hall–Kier alpha value is -2.74. The Bertz CT molecular complexity index is 1010. The quantitative estimate of drug-likeness (QED) is 0.556. The standard InChI is InChI=1S/C18H17ClFN5O2.C2H6/c19-10-5-12-13(7-22-15(12)21-6-10)16-23-8-14(20)17(25-16)24-11-3-1-2-9(4-11)18(26)27;1-2/h5-9,11H,1-4H2,(H,21,22)(H,26,27)(H,23,24,25);1-2H3. The van der Waals surface area contributed by atoms with Crippen LogP contribution in [0.25, 0.3) is 22.4 Å². The molecule has 3 aromatic rings. The summed E-state index contributed by atoms with van der Waals surface area (Å²) in [6, 6.07) is 1.60. The number of hydrogen-bond donors (Lipinski definition) is 3. The van der Waals surface area contributed by atoms with Gasteiger partial charge in [0, 0.05) is 29.4 Å². The van der Waals surface area contributed by atoms with Crippen LogP contribution in [0.1, 0.15) is 39.5 Å². The molecule has 1 saturated carbocycles. The Morgan fingerprint density at radius 1 is 1.31 bits per heavy atom. The summed E-state index contributed by atoms with van der Waals surface area (Å²) < 4.78 is 14.3. The van der Waals surface area contributed by atoms with E-state index in [1.807, 2.05) is 13.8 Å². The van der Waals surface area contributed by atoms with Crippen molar-refractivity contribution in [1.29, 1.82) is 0 Å². The van der Waals surface area contributed by atoms with Crippen molar-refractivity contribution in [2.45, 2.75) is 45.6 Å². The van der Waals surface area contributed by atoms with Crippen LogP contribution < -0.4 is 5.32 Å². The summed E-state index contributed by atoms with van der Waals surface area (Å²) in [7, 11) is 0. The lowest BCUT2D eigenvalue weighted by Gasteiger charge is -2.27. The minimum Gasteiger partial charge on any atom is -0.481 e. The zero-order chi connectivity index (χ0) is 21.0. The normalized spacial score (nSPS) is 18.8. The van der Waals surface area contributed by atoms with Gasteiger partial charge >= 0.3 is 5.97 Å². The molecule has 1 aliphatic carbocycles. The van der Waals surface area contributed by atoms with Crippen molar-refractivity contribution in [2.24, 2.45) is 5.92 Å². The molecule has 0 spiro atoms. The van der Waals surface area contributed by atoms with Crippen molar-refractivity contribution in [2.75, 3.05) is 5.32 Å². The predicted octanol–water partition coefficient (Wildman–Crippen LogP) is 4.89. The molecular weight excluding hydrogens is 397 g/mol. The molecule has 0 aliphatic heterocycles. The highest BCUT2D eigenvalue weighted by molar-refractivity contribution is 6.31. The Labute approximate surface area is 172 Å². The number of carboxylic acids is 1. The molecule has 2 atom stereocenters. The van der Waals surface area contributed by atoms with Gasteiger partial charge in [-0.15, -0.1) is 0 Å². The molecule has 154 valence electrons. The second-order valence-electron chi connectivity index (χ2n) is 6.69. The highest BCUT2D eigenvalue weighted by Gasteiger charge is 2.27. The zero-order valence-corrected chi connectivity index (χ0v) is 17.0. The number of fused-ring (bicyclic) bond motifs is 1. The Balaban J connectivity index is 0.00000117. The van der Waals surface area contributed by atoms with E-state index in [0.717, 1.165) is 24.4 Å². The van der Waals surface area contributed by atoms with E-state index < -0.39 is 17.7 Å². The largest absolute Gasteiger partial charge is 0.481 e. The van der Waals surface area contributed by atoms with Crippen LogP contribution in [-0.4, -0.2) is 37.1 Å². The first-order valence-corrected chi connectivity index (χ1v) is 10.0. The summed E-state index contributed by atoms with van der Waals surface area (Å²) >= 11 is 6.02. The molecular formula is C20H23ClFN5O2. The van der Waals surface area contributed by atoms with Crippen molar-refractivity contribution < 1.29 is 14.3 Å². The van der Waals surface area contributed by atoms with Crippen molar-refractivity contribution in [3.8, 4) is 11.4 Å². The highest BCUT2D eigenvalue weighted by atomic mass is 35.5. The third kappa shape index (κ3) is 4.64. The summed E-state index contributed by atoms with van der Waals surface area (Å²) in [5, 5.41) is 13.5. The number of aromatic nitrogens is 4. The van der Waals surface area contributed by atoms with Crippen LogP contribution in [0.2, 0.25) is 5.02 Å². The van der Waals surface area contributed by atoms with E-state index >= 15 is 0 Å². The number of aromatic amines is 1. The lowest BCUT2D eigenvalue weighted by atomic mass is 9.86. The smallest absolute Gasteiger partial charge is 0.306 e. The molecule has 0 amide bonds. The second kappa shape index (κ2) is 9.17. The fourth-order valence-electron chi connectivity index (χ4n) is 3.50. The molecule has 9 heteroatoms. The summed E-state index contributed by atoms with van der Waals surface area (Å²) in [5.41, 5.74) is 1.29. The monoisotopic (exact) mass is 419 g/mol. The van der Waals surface area contributed by atoms with Gasteiger partial charge < -0.3 is 15.4 Å². The van der Waals surface area contributed by atoms with Gasteiger partial charge in [-0.1, -0.05) is 31.9 Å². The van der Waals surface area contributed by atoms with E-state index in [2.05, 4.69) is 25.3 Å². The summed E-state index contributed by atoms with van der Waals surface area (Å²) in [6.07, 6.45) is 6.99. The molecule has 0 aromatic carbocycles. The minimum atomic E-state index is -0.812. The van der Waals surface area contributed by atoms with Crippen LogP contribution in [0.5, 0.6) is 0 Å². The number of nitrogens with one attached hydrogen (secondary N) is 2. The van der Waals surface area contributed by atoms with Gasteiger partial charge in [-0.3, -0.25) is 4.79 Å². The average molecular weight is 420 g/mol. The number of pyridine rings is 1. The SMILES string of the molecule is CC.O=C(O)C1CCCC(Nc2nc(-c3c[nH]c4ncc(Cl)cc34)ncc2F)C1. The maximum Gasteiger partial charge on any atom is 0.306 e. The van der Waals surface area contributed by atoms with Crippen molar-refractivity contribution in [3.63, 3.8) is 0 Å². The lowest BCUT2D eigenvalue weighted by molar-refractivity contribution is -0.142. The third-order valence-electron chi connectivity index (χ3n) is 4.85. The van der Waals surface area contributed by atoms with Crippen LogP contribution in [0.15, 0.2) is 24.7 Å². The van der Waals surface area contributed by atoms with Gasteiger partial charge in [0.05, 0.1) is 17.1 Å². The highest BCUT2D eigenvalue weighted by Crippen LogP contribution is 2.30. The molecule has 29 heavy (non-hydrogen) atoms. The van der Waals surface area contributed by atoms with Gasteiger partial charge in [-0.2, -0.15) is 0 Å². The van der Waals surface area contributed by atoms with Crippen LogP contribution in [-0.2, 0) is 4.79 Å². The average Bonchev–Trinajstić information content (AvgIpc) is 3.14. The molecule has 3 N–H and O–H groups in total. The van der Waals surface area contributed by atoms with Crippen LogP contribution >= 0.6 is 11.6 Å². The number of carboxylic acid groups (broad SMARTS) is 1. The predicted molar refractivity (Wildman–Crippen MR) is 110 cm³/mol. The third-order valence-corrected chi connectivity index (χ3v) is 5.05. The van der Waals surface area contributed by atoms with E-state index in [-0.39, 0.29) is 11.9 Å². The molecule has 0 radical (unpaired) electrons. The fraction of sp³-hybridized carbons (Fsp3) is 0.400. The number of H-pyrrole nitrogens is 1. The van der Waals surface area contributed by atoms with Crippen LogP contribution in [0, 0.1) is 11.7 Å². The summed E-state index contributed by atoms with van der Waals surface area (Å²) in [6.45, 7) is 4.00. The minimum absolute atomic E-state index is 0.0698. The van der Waals surface area contributed by atoms with Crippen molar-refractivity contribution >= 4 is 34.4 Å². The fourth-order valence-corrected chi connectivity index (χ4v) is 3.66. The number of aliphatic carboxylic acids is 1. The van der Waals surface area contributed by atoms with E-state index in [1.54, 1.807) is 12.3 Å². The van der Waals surface area contributed by atoms with E-state index in [9.17, 15) is 14.3 Å². The number of rotatable bonds is 4.